The summed E-state index contributed by atoms with van der Waals surface area (Å²) in [4.78, 5) is 15.6. The van der Waals surface area contributed by atoms with E-state index in [0.29, 0.717) is 25.4 Å². The lowest BCUT2D eigenvalue weighted by atomic mass is 10.0. The molecule has 0 saturated heterocycles. The number of aromatic nitrogens is 2. The van der Waals surface area contributed by atoms with Gasteiger partial charge in [0.2, 0.25) is 0 Å². The van der Waals surface area contributed by atoms with Crippen molar-refractivity contribution in [3.05, 3.63) is 107 Å². The Labute approximate surface area is 181 Å². The molecule has 0 N–H and O–H groups in total. The first kappa shape index (κ1) is 19.1. The molecule has 4 aromatic rings. The quantitative estimate of drug-likeness (QED) is 0.475. The number of carbonyl (C=O) groups is 1. The van der Waals surface area contributed by atoms with Crippen LogP contribution >= 0.6 is 0 Å². The molecule has 1 aliphatic heterocycles. The Morgan fingerprint density at radius 1 is 0.903 bits per heavy atom. The molecule has 1 amide bonds. The predicted molar refractivity (Wildman–Crippen MR) is 119 cm³/mol. The van der Waals surface area contributed by atoms with E-state index in [9.17, 15) is 4.79 Å². The highest BCUT2D eigenvalue weighted by Crippen LogP contribution is 2.38. The van der Waals surface area contributed by atoms with E-state index in [4.69, 9.17) is 4.74 Å². The van der Waals surface area contributed by atoms with Crippen molar-refractivity contribution in [2.45, 2.75) is 19.7 Å². The van der Waals surface area contributed by atoms with Gasteiger partial charge in [0, 0.05) is 31.3 Å². The molecule has 0 spiro atoms. The van der Waals surface area contributed by atoms with Crippen LogP contribution in [-0.4, -0.2) is 20.6 Å². The van der Waals surface area contributed by atoms with Gasteiger partial charge in [0.25, 0.3) is 5.91 Å². The van der Waals surface area contributed by atoms with Crippen molar-refractivity contribution in [1.82, 2.24) is 14.7 Å². The van der Waals surface area contributed by atoms with Crippen LogP contribution in [0.5, 0.6) is 5.75 Å². The molecule has 31 heavy (non-hydrogen) atoms. The molecule has 0 unspecified atom stereocenters. The molecule has 3 aromatic carbocycles. The summed E-state index contributed by atoms with van der Waals surface area (Å²) in [5.74, 6) is 0.731. The van der Waals surface area contributed by atoms with E-state index in [2.05, 4.69) is 5.10 Å². The summed E-state index contributed by atoms with van der Waals surface area (Å²) >= 11 is 0. The molecule has 154 valence electrons. The van der Waals surface area contributed by atoms with Crippen LogP contribution in [0.15, 0.2) is 84.9 Å². The Bertz CT molecular complexity index is 1170. The summed E-state index contributed by atoms with van der Waals surface area (Å²) < 4.78 is 7.75. The van der Waals surface area contributed by atoms with E-state index >= 15 is 0 Å². The molecule has 5 heteroatoms. The number of nitrogens with zero attached hydrogens (tertiary/aromatic N) is 3. The molecule has 0 atom stereocenters. The van der Waals surface area contributed by atoms with Crippen molar-refractivity contribution >= 4 is 5.91 Å². The van der Waals surface area contributed by atoms with E-state index in [-0.39, 0.29) is 5.91 Å². The van der Waals surface area contributed by atoms with Gasteiger partial charge in [-0.15, -0.1) is 0 Å². The zero-order valence-corrected chi connectivity index (χ0v) is 17.4. The lowest BCUT2D eigenvalue weighted by Gasteiger charge is -2.23. The molecule has 0 fully saturated rings. The zero-order chi connectivity index (χ0) is 21.2. The second-order valence-corrected chi connectivity index (χ2v) is 7.72. The Morgan fingerprint density at radius 3 is 2.13 bits per heavy atom. The standard InChI is InChI=1S/C26H23N3O2/c1-28-25-21-14-8-9-15-23(21)31-18-22(25)24(27-28)26(30)29(16-19-10-4-2-5-11-19)17-20-12-6-3-7-13-20/h2-15H,16-18H2,1H3. The lowest BCUT2D eigenvalue weighted by Crippen LogP contribution is -2.31. The van der Waals surface area contributed by atoms with Gasteiger partial charge in [-0.25, -0.2) is 0 Å². The van der Waals surface area contributed by atoms with Crippen molar-refractivity contribution < 1.29 is 9.53 Å². The molecule has 5 rings (SSSR count). The van der Waals surface area contributed by atoms with Crippen molar-refractivity contribution in [2.24, 2.45) is 7.05 Å². The summed E-state index contributed by atoms with van der Waals surface area (Å²) in [5, 5.41) is 4.64. The van der Waals surface area contributed by atoms with Crippen LogP contribution in [0.2, 0.25) is 0 Å². The monoisotopic (exact) mass is 409 g/mol. The largest absolute Gasteiger partial charge is 0.488 e. The van der Waals surface area contributed by atoms with Crippen LogP contribution in [0.3, 0.4) is 0 Å². The fourth-order valence-electron chi connectivity index (χ4n) is 4.11. The Morgan fingerprint density at radius 2 is 1.48 bits per heavy atom. The number of ether oxygens (including phenoxy) is 1. The van der Waals surface area contributed by atoms with Crippen LogP contribution in [0, 0.1) is 0 Å². The third-order valence-corrected chi connectivity index (χ3v) is 5.58. The number of hydrogen-bond acceptors (Lipinski definition) is 3. The fraction of sp³-hybridized carbons (Fsp3) is 0.154. The van der Waals surface area contributed by atoms with E-state index in [1.54, 1.807) is 4.68 Å². The number of benzene rings is 3. The first-order valence-corrected chi connectivity index (χ1v) is 10.4. The molecular weight excluding hydrogens is 386 g/mol. The first-order chi connectivity index (χ1) is 15.2. The lowest BCUT2D eigenvalue weighted by molar-refractivity contribution is 0.0720. The second kappa shape index (κ2) is 8.11. The van der Waals surface area contributed by atoms with E-state index in [1.807, 2.05) is 96.9 Å². The van der Waals surface area contributed by atoms with Crippen LogP contribution < -0.4 is 4.74 Å². The van der Waals surface area contributed by atoms with Gasteiger partial charge >= 0.3 is 0 Å². The second-order valence-electron chi connectivity index (χ2n) is 7.72. The molecule has 0 bridgehead atoms. The summed E-state index contributed by atoms with van der Waals surface area (Å²) in [6.45, 7) is 1.36. The van der Waals surface area contributed by atoms with Crippen LogP contribution in [-0.2, 0) is 26.7 Å². The molecule has 0 aliphatic carbocycles. The van der Waals surface area contributed by atoms with Gasteiger partial charge in [-0.2, -0.15) is 5.10 Å². The van der Waals surface area contributed by atoms with Crippen LogP contribution in [0.1, 0.15) is 27.2 Å². The molecule has 2 heterocycles. The molecule has 1 aromatic heterocycles. The maximum absolute atomic E-state index is 13.7. The molecule has 5 nitrogen and oxygen atoms in total. The molecule has 1 aliphatic rings. The number of rotatable bonds is 5. The average molecular weight is 409 g/mol. The van der Waals surface area contributed by atoms with Gasteiger partial charge in [-0.3, -0.25) is 9.48 Å². The van der Waals surface area contributed by atoms with Gasteiger partial charge in [-0.1, -0.05) is 72.8 Å². The number of aryl methyl sites for hydroxylation is 1. The highest BCUT2D eigenvalue weighted by Gasteiger charge is 2.30. The zero-order valence-electron chi connectivity index (χ0n) is 17.4. The minimum Gasteiger partial charge on any atom is -0.488 e. The van der Waals surface area contributed by atoms with Gasteiger partial charge in [0.15, 0.2) is 5.69 Å². The maximum Gasteiger partial charge on any atom is 0.275 e. The smallest absolute Gasteiger partial charge is 0.275 e. The fourth-order valence-corrected chi connectivity index (χ4v) is 4.11. The van der Waals surface area contributed by atoms with E-state index in [0.717, 1.165) is 33.7 Å². The van der Waals surface area contributed by atoms with Crippen molar-refractivity contribution in [3.63, 3.8) is 0 Å². The van der Waals surface area contributed by atoms with Gasteiger partial charge in [0.1, 0.15) is 12.4 Å². The molecule has 0 radical (unpaired) electrons. The average Bonchev–Trinajstić information content (AvgIpc) is 3.16. The third-order valence-electron chi connectivity index (χ3n) is 5.58. The number of amides is 1. The van der Waals surface area contributed by atoms with Gasteiger partial charge < -0.3 is 9.64 Å². The summed E-state index contributed by atoms with van der Waals surface area (Å²) in [6.07, 6.45) is 0. The van der Waals surface area contributed by atoms with Gasteiger partial charge in [0.05, 0.1) is 5.69 Å². The van der Waals surface area contributed by atoms with Gasteiger partial charge in [-0.05, 0) is 23.3 Å². The highest BCUT2D eigenvalue weighted by molar-refractivity contribution is 5.96. The maximum atomic E-state index is 13.7. The third kappa shape index (κ3) is 3.70. The number of fused-ring (bicyclic) bond motifs is 3. The van der Waals surface area contributed by atoms with Crippen LogP contribution in [0.4, 0.5) is 0 Å². The molecular formula is C26H23N3O2. The first-order valence-electron chi connectivity index (χ1n) is 10.4. The summed E-state index contributed by atoms with van der Waals surface area (Å²) in [5.41, 5.74) is 5.38. The summed E-state index contributed by atoms with van der Waals surface area (Å²) in [6, 6.07) is 28.0. The predicted octanol–water partition coefficient (Wildman–Crippen LogP) is 4.82. The van der Waals surface area contributed by atoms with Crippen molar-refractivity contribution in [1.29, 1.82) is 0 Å². The Balaban J connectivity index is 1.53. The van der Waals surface area contributed by atoms with Crippen molar-refractivity contribution in [2.75, 3.05) is 0 Å². The SMILES string of the molecule is Cn1nc(C(=O)N(Cc2ccccc2)Cc2ccccc2)c2c1-c1ccccc1OC2. The van der Waals surface area contributed by atoms with E-state index < -0.39 is 0 Å². The minimum absolute atomic E-state index is 0.0902. The number of para-hydroxylation sites is 1. The topological polar surface area (TPSA) is 47.4 Å². The van der Waals surface area contributed by atoms with Crippen molar-refractivity contribution in [3.8, 4) is 17.0 Å². The highest BCUT2D eigenvalue weighted by atomic mass is 16.5. The minimum atomic E-state index is -0.0902. The number of hydrogen-bond donors (Lipinski definition) is 0. The molecule has 0 saturated carbocycles. The Hall–Kier alpha value is -3.86. The summed E-state index contributed by atoms with van der Waals surface area (Å²) in [7, 11) is 1.89. The number of carbonyl (C=O) groups excluding carboxylic acids is 1. The van der Waals surface area contributed by atoms with E-state index in [1.165, 1.54) is 0 Å². The normalized spacial score (nSPS) is 11.9. The van der Waals surface area contributed by atoms with Crippen LogP contribution in [0.25, 0.3) is 11.3 Å². The Kier molecular flexibility index (Phi) is 5.00.